The van der Waals surface area contributed by atoms with Crippen molar-refractivity contribution in [3.05, 3.63) is 34.9 Å². The van der Waals surface area contributed by atoms with E-state index in [2.05, 4.69) is 0 Å². The van der Waals surface area contributed by atoms with Crippen molar-refractivity contribution in [2.24, 2.45) is 5.92 Å². The van der Waals surface area contributed by atoms with E-state index < -0.39 is 0 Å². The number of nitriles is 1. The maximum atomic E-state index is 8.80. The van der Waals surface area contributed by atoms with Gasteiger partial charge in [-0.15, -0.1) is 0 Å². The van der Waals surface area contributed by atoms with Gasteiger partial charge in [-0.2, -0.15) is 5.26 Å². The Balaban J connectivity index is 2.69. The monoisotopic (exact) mass is 195 g/mol. The standard InChI is InChI=1S/C10H10ClNO/c11-10-3-1-2-8(5-10)4-9(6-12)7-13/h1-3,5,9,13H,4,7H2/t9-/m0/s1. The zero-order chi connectivity index (χ0) is 9.68. The van der Waals surface area contributed by atoms with Crippen molar-refractivity contribution < 1.29 is 5.11 Å². The first-order chi connectivity index (χ1) is 6.26. The van der Waals surface area contributed by atoms with Crippen molar-refractivity contribution in [3.8, 4) is 6.07 Å². The minimum Gasteiger partial charge on any atom is -0.395 e. The van der Waals surface area contributed by atoms with E-state index in [1.807, 2.05) is 24.3 Å². The maximum absolute atomic E-state index is 8.80. The second-order valence-electron chi connectivity index (χ2n) is 2.84. The number of rotatable bonds is 3. The summed E-state index contributed by atoms with van der Waals surface area (Å²) < 4.78 is 0. The van der Waals surface area contributed by atoms with Gasteiger partial charge in [0, 0.05) is 5.02 Å². The minimum atomic E-state index is -0.335. The summed E-state index contributed by atoms with van der Waals surface area (Å²) in [4.78, 5) is 0. The Bertz CT molecular complexity index is 319. The molecule has 1 aromatic rings. The Morgan fingerprint density at radius 3 is 2.85 bits per heavy atom. The third-order valence-corrected chi connectivity index (χ3v) is 2.01. The Hall–Kier alpha value is -1.04. The third kappa shape index (κ3) is 3.06. The third-order valence-electron chi connectivity index (χ3n) is 1.77. The number of hydrogen-bond donors (Lipinski definition) is 1. The van der Waals surface area contributed by atoms with E-state index in [0.29, 0.717) is 11.4 Å². The van der Waals surface area contributed by atoms with Crippen LogP contribution in [-0.4, -0.2) is 11.7 Å². The van der Waals surface area contributed by atoms with E-state index in [4.69, 9.17) is 22.0 Å². The molecule has 13 heavy (non-hydrogen) atoms. The molecule has 2 nitrogen and oxygen atoms in total. The van der Waals surface area contributed by atoms with Crippen LogP contribution in [0.25, 0.3) is 0 Å². The van der Waals surface area contributed by atoms with E-state index in [1.54, 1.807) is 6.07 Å². The average Bonchev–Trinajstić information content (AvgIpc) is 2.14. The number of aliphatic hydroxyl groups excluding tert-OH is 1. The fraction of sp³-hybridized carbons (Fsp3) is 0.300. The van der Waals surface area contributed by atoms with Gasteiger partial charge >= 0.3 is 0 Å². The van der Waals surface area contributed by atoms with E-state index in [0.717, 1.165) is 5.56 Å². The fourth-order valence-corrected chi connectivity index (χ4v) is 1.31. The van der Waals surface area contributed by atoms with Crippen LogP contribution in [0.4, 0.5) is 0 Å². The molecular formula is C10H10ClNO. The summed E-state index contributed by atoms with van der Waals surface area (Å²) >= 11 is 5.77. The molecule has 0 bridgehead atoms. The van der Waals surface area contributed by atoms with Crippen LogP contribution in [0.1, 0.15) is 5.56 Å². The van der Waals surface area contributed by atoms with Gasteiger partial charge in [0.1, 0.15) is 0 Å². The molecule has 0 heterocycles. The molecule has 1 rings (SSSR count). The maximum Gasteiger partial charge on any atom is 0.0734 e. The van der Waals surface area contributed by atoms with Gasteiger partial charge in [-0.3, -0.25) is 0 Å². The fourth-order valence-electron chi connectivity index (χ4n) is 1.10. The van der Waals surface area contributed by atoms with E-state index in [1.165, 1.54) is 0 Å². The lowest BCUT2D eigenvalue weighted by Gasteiger charge is -2.04. The summed E-state index contributed by atoms with van der Waals surface area (Å²) in [7, 11) is 0. The van der Waals surface area contributed by atoms with Crippen LogP contribution >= 0.6 is 11.6 Å². The molecule has 1 atom stereocenters. The smallest absolute Gasteiger partial charge is 0.0734 e. The summed E-state index contributed by atoms with van der Waals surface area (Å²) in [5.41, 5.74) is 0.980. The van der Waals surface area contributed by atoms with Crippen molar-refractivity contribution >= 4 is 11.6 Å². The Morgan fingerprint density at radius 1 is 1.54 bits per heavy atom. The molecule has 0 aliphatic carbocycles. The zero-order valence-electron chi connectivity index (χ0n) is 7.07. The summed E-state index contributed by atoms with van der Waals surface area (Å²) in [5, 5.41) is 18.1. The Labute approximate surface area is 82.4 Å². The molecule has 0 saturated heterocycles. The predicted octanol–water partition coefficient (Wildman–Crippen LogP) is 2.01. The Kier molecular flexibility index (Phi) is 3.75. The summed E-state index contributed by atoms with van der Waals surface area (Å²) in [6.07, 6.45) is 0.549. The van der Waals surface area contributed by atoms with Gasteiger partial charge in [-0.1, -0.05) is 23.7 Å². The second kappa shape index (κ2) is 4.86. The predicted molar refractivity (Wildman–Crippen MR) is 51.3 cm³/mol. The average molecular weight is 196 g/mol. The molecule has 0 amide bonds. The number of nitrogens with zero attached hydrogens (tertiary/aromatic N) is 1. The van der Waals surface area contributed by atoms with E-state index >= 15 is 0 Å². The highest BCUT2D eigenvalue weighted by Gasteiger charge is 2.06. The van der Waals surface area contributed by atoms with Crippen molar-refractivity contribution in [1.29, 1.82) is 5.26 Å². The molecule has 0 saturated carbocycles. The van der Waals surface area contributed by atoms with Gasteiger partial charge in [0.25, 0.3) is 0 Å². The molecule has 1 N–H and O–H groups in total. The van der Waals surface area contributed by atoms with Crippen molar-refractivity contribution in [2.45, 2.75) is 6.42 Å². The number of benzene rings is 1. The number of hydrogen-bond acceptors (Lipinski definition) is 2. The topological polar surface area (TPSA) is 44.0 Å². The molecule has 0 aliphatic rings. The minimum absolute atomic E-state index is 0.108. The molecular weight excluding hydrogens is 186 g/mol. The van der Waals surface area contributed by atoms with E-state index in [9.17, 15) is 0 Å². The molecule has 0 aliphatic heterocycles. The van der Waals surface area contributed by atoms with Gasteiger partial charge in [-0.25, -0.2) is 0 Å². The lowest BCUT2D eigenvalue weighted by Crippen LogP contribution is -2.06. The van der Waals surface area contributed by atoms with Gasteiger partial charge in [0.05, 0.1) is 18.6 Å². The first-order valence-corrected chi connectivity index (χ1v) is 4.39. The van der Waals surface area contributed by atoms with Crippen molar-refractivity contribution in [2.75, 3.05) is 6.61 Å². The molecule has 3 heteroatoms. The lowest BCUT2D eigenvalue weighted by atomic mass is 10.0. The summed E-state index contributed by atoms with van der Waals surface area (Å²) in [5.74, 6) is -0.335. The van der Waals surface area contributed by atoms with Gasteiger partial charge in [0.15, 0.2) is 0 Å². The van der Waals surface area contributed by atoms with Crippen LogP contribution < -0.4 is 0 Å². The van der Waals surface area contributed by atoms with Crippen LogP contribution in [0.5, 0.6) is 0 Å². The second-order valence-corrected chi connectivity index (χ2v) is 3.28. The van der Waals surface area contributed by atoms with Crippen LogP contribution in [0, 0.1) is 17.2 Å². The summed E-state index contributed by atoms with van der Waals surface area (Å²) in [6, 6.07) is 9.35. The highest BCUT2D eigenvalue weighted by molar-refractivity contribution is 6.30. The largest absolute Gasteiger partial charge is 0.395 e. The lowest BCUT2D eigenvalue weighted by molar-refractivity contribution is 0.255. The SMILES string of the molecule is N#C[C@@H](CO)Cc1cccc(Cl)c1. The molecule has 68 valence electrons. The Morgan fingerprint density at radius 2 is 2.31 bits per heavy atom. The van der Waals surface area contributed by atoms with Crippen LogP contribution in [0.2, 0.25) is 5.02 Å². The molecule has 0 radical (unpaired) electrons. The normalized spacial score (nSPS) is 12.1. The molecule has 0 unspecified atom stereocenters. The molecule has 1 aromatic carbocycles. The van der Waals surface area contributed by atoms with Crippen molar-refractivity contribution in [3.63, 3.8) is 0 Å². The van der Waals surface area contributed by atoms with Crippen LogP contribution in [-0.2, 0) is 6.42 Å². The number of halogens is 1. The van der Waals surface area contributed by atoms with E-state index in [-0.39, 0.29) is 12.5 Å². The number of aliphatic hydroxyl groups is 1. The highest BCUT2D eigenvalue weighted by Crippen LogP contribution is 2.13. The molecule has 0 fully saturated rings. The molecule has 0 aromatic heterocycles. The van der Waals surface area contributed by atoms with Crippen molar-refractivity contribution in [1.82, 2.24) is 0 Å². The van der Waals surface area contributed by atoms with Crippen LogP contribution in [0.15, 0.2) is 24.3 Å². The zero-order valence-corrected chi connectivity index (χ0v) is 7.83. The van der Waals surface area contributed by atoms with Gasteiger partial charge < -0.3 is 5.11 Å². The molecule has 0 spiro atoms. The van der Waals surface area contributed by atoms with Gasteiger partial charge in [0.2, 0.25) is 0 Å². The van der Waals surface area contributed by atoms with Gasteiger partial charge in [-0.05, 0) is 24.1 Å². The highest BCUT2D eigenvalue weighted by atomic mass is 35.5. The first-order valence-electron chi connectivity index (χ1n) is 4.01. The first kappa shape index (κ1) is 10.0. The van der Waals surface area contributed by atoms with Crippen LogP contribution in [0.3, 0.4) is 0 Å². The summed E-state index contributed by atoms with van der Waals surface area (Å²) in [6.45, 7) is -0.108. The quantitative estimate of drug-likeness (QED) is 0.802.